The van der Waals surface area contributed by atoms with Crippen molar-refractivity contribution < 1.29 is 19.2 Å². The van der Waals surface area contributed by atoms with Crippen LogP contribution in [0.1, 0.15) is 37.6 Å². The molecule has 0 spiro atoms. The number of hydrogen-bond donors (Lipinski definition) is 1. The normalized spacial score (nSPS) is 11.6. The molecule has 0 aliphatic heterocycles. The number of carbonyl (C=O) groups is 2. The highest BCUT2D eigenvalue weighted by atomic mass is 16.6. The van der Waals surface area contributed by atoms with E-state index >= 15 is 0 Å². The molecule has 1 rings (SSSR count). The lowest BCUT2D eigenvalue weighted by Crippen LogP contribution is -2.35. The Bertz CT molecular complexity index is 556. The Morgan fingerprint density at radius 1 is 1.43 bits per heavy atom. The Hall–Kier alpha value is -2.44. The Labute approximate surface area is 122 Å². The van der Waals surface area contributed by atoms with Gasteiger partial charge in [-0.2, -0.15) is 0 Å². The van der Waals surface area contributed by atoms with Crippen LogP contribution in [0.25, 0.3) is 0 Å². The third kappa shape index (κ3) is 4.87. The lowest BCUT2D eigenvalue weighted by Gasteiger charge is -2.13. The molecule has 0 fully saturated rings. The zero-order valence-electron chi connectivity index (χ0n) is 12.2. The van der Waals surface area contributed by atoms with E-state index in [1.54, 1.807) is 0 Å². The molecule has 0 saturated heterocycles. The van der Waals surface area contributed by atoms with E-state index in [2.05, 4.69) is 5.32 Å². The zero-order valence-corrected chi connectivity index (χ0v) is 12.2. The summed E-state index contributed by atoms with van der Waals surface area (Å²) < 4.78 is 5.28. The number of nitro benzene ring substituents is 1. The first-order chi connectivity index (χ1) is 9.85. The van der Waals surface area contributed by atoms with E-state index in [0.29, 0.717) is 0 Å². The van der Waals surface area contributed by atoms with Gasteiger partial charge in [-0.1, -0.05) is 6.92 Å². The summed E-state index contributed by atoms with van der Waals surface area (Å²) in [6.45, 7) is 4.84. The van der Waals surface area contributed by atoms with Gasteiger partial charge >= 0.3 is 0 Å². The van der Waals surface area contributed by atoms with E-state index < -0.39 is 4.92 Å². The monoisotopic (exact) mass is 294 g/mol. The van der Waals surface area contributed by atoms with Crippen LogP contribution in [0.5, 0.6) is 5.75 Å². The maximum Gasteiger partial charge on any atom is 0.270 e. The molecule has 1 atom stereocenters. The molecule has 0 radical (unpaired) electrons. The number of Topliss-reactive ketones (excluding diaryl/α,β-unsaturated/α-hetero) is 1. The van der Waals surface area contributed by atoms with Crippen LogP contribution in [0.3, 0.4) is 0 Å². The fraction of sp³-hybridized carbons (Fsp3) is 0.429. The van der Waals surface area contributed by atoms with Crippen molar-refractivity contribution in [2.24, 2.45) is 0 Å². The molecular weight excluding hydrogens is 276 g/mol. The summed E-state index contributed by atoms with van der Waals surface area (Å²) >= 11 is 0. The fourth-order valence-electron chi connectivity index (χ4n) is 1.59. The van der Waals surface area contributed by atoms with Gasteiger partial charge in [0.05, 0.1) is 10.5 Å². The van der Waals surface area contributed by atoms with E-state index in [9.17, 15) is 19.7 Å². The van der Waals surface area contributed by atoms with Crippen LogP contribution in [0.2, 0.25) is 0 Å². The van der Waals surface area contributed by atoms with Crippen LogP contribution in [0.4, 0.5) is 5.69 Å². The summed E-state index contributed by atoms with van der Waals surface area (Å²) in [4.78, 5) is 33.2. The smallest absolute Gasteiger partial charge is 0.270 e. The molecule has 1 unspecified atom stereocenters. The topological polar surface area (TPSA) is 98.5 Å². The number of non-ortho nitro benzene ring substituents is 1. The number of benzene rings is 1. The number of nitro groups is 1. The minimum Gasteiger partial charge on any atom is -0.483 e. The molecule has 1 aromatic rings. The number of nitrogens with zero attached hydrogens (tertiary/aromatic N) is 1. The molecule has 0 saturated carbocycles. The van der Waals surface area contributed by atoms with E-state index in [4.69, 9.17) is 4.74 Å². The summed E-state index contributed by atoms with van der Waals surface area (Å²) in [6.07, 6.45) is 0.794. The lowest BCUT2D eigenvalue weighted by molar-refractivity contribution is -0.384. The molecule has 0 heterocycles. The third-order valence-electron chi connectivity index (χ3n) is 2.93. The number of amides is 1. The second kappa shape index (κ2) is 7.37. The van der Waals surface area contributed by atoms with Gasteiger partial charge in [0.25, 0.3) is 11.6 Å². The maximum absolute atomic E-state index is 11.6. The van der Waals surface area contributed by atoms with Gasteiger partial charge in [0.1, 0.15) is 5.75 Å². The van der Waals surface area contributed by atoms with Crippen LogP contribution in [-0.4, -0.2) is 29.3 Å². The Kier molecular flexibility index (Phi) is 5.83. The number of ether oxygens (including phenoxy) is 1. The van der Waals surface area contributed by atoms with E-state index in [0.717, 1.165) is 12.5 Å². The molecule has 0 bridgehead atoms. The number of hydrogen-bond acceptors (Lipinski definition) is 5. The molecule has 0 aliphatic carbocycles. The predicted octanol–water partition coefficient (Wildman–Crippen LogP) is 2.09. The number of nitrogens with one attached hydrogen (secondary N) is 1. The molecule has 21 heavy (non-hydrogen) atoms. The van der Waals surface area contributed by atoms with Gasteiger partial charge in [-0.3, -0.25) is 19.7 Å². The minimum atomic E-state index is -0.591. The first-order valence-electron chi connectivity index (χ1n) is 6.56. The van der Waals surface area contributed by atoms with Crippen LogP contribution in [0, 0.1) is 10.1 Å². The SMILES string of the molecule is CCC(C)NC(=O)COc1ccc([N+](=O)[O-])cc1C(C)=O. The van der Waals surface area contributed by atoms with Crippen molar-refractivity contribution in [3.8, 4) is 5.75 Å². The third-order valence-corrected chi connectivity index (χ3v) is 2.93. The van der Waals surface area contributed by atoms with Crippen molar-refractivity contribution in [2.75, 3.05) is 6.61 Å². The van der Waals surface area contributed by atoms with Gasteiger partial charge in [0.2, 0.25) is 0 Å². The quantitative estimate of drug-likeness (QED) is 0.471. The molecule has 114 valence electrons. The molecule has 7 nitrogen and oxygen atoms in total. The molecular formula is C14H18N2O5. The van der Waals surface area contributed by atoms with Crippen molar-refractivity contribution in [3.63, 3.8) is 0 Å². The molecule has 1 amide bonds. The highest BCUT2D eigenvalue weighted by molar-refractivity contribution is 5.97. The van der Waals surface area contributed by atoms with Gasteiger partial charge in [-0.25, -0.2) is 0 Å². The summed E-state index contributed by atoms with van der Waals surface area (Å²) in [5.74, 6) is -0.513. The lowest BCUT2D eigenvalue weighted by atomic mass is 10.1. The average Bonchev–Trinajstić information content (AvgIpc) is 2.44. The van der Waals surface area contributed by atoms with E-state index in [1.165, 1.54) is 19.1 Å². The standard InChI is InChI=1S/C14H18N2O5/c1-4-9(2)15-14(18)8-21-13-6-5-11(16(19)20)7-12(13)10(3)17/h5-7,9H,4,8H2,1-3H3,(H,15,18). The summed E-state index contributed by atoms with van der Waals surface area (Å²) in [7, 11) is 0. The maximum atomic E-state index is 11.6. The Morgan fingerprint density at radius 3 is 2.62 bits per heavy atom. The molecule has 0 aromatic heterocycles. The van der Waals surface area contributed by atoms with Crippen molar-refractivity contribution >= 4 is 17.4 Å². The highest BCUT2D eigenvalue weighted by Gasteiger charge is 2.16. The van der Waals surface area contributed by atoms with E-state index in [-0.39, 0.29) is 41.3 Å². The molecule has 0 aliphatic rings. The summed E-state index contributed by atoms with van der Waals surface area (Å²) in [5, 5.41) is 13.4. The molecule has 1 aromatic carbocycles. The van der Waals surface area contributed by atoms with Crippen molar-refractivity contribution in [3.05, 3.63) is 33.9 Å². The van der Waals surface area contributed by atoms with Gasteiger partial charge in [0, 0.05) is 18.2 Å². The van der Waals surface area contributed by atoms with Gasteiger partial charge < -0.3 is 10.1 Å². The predicted molar refractivity (Wildman–Crippen MR) is 76.5 cm³/mol. The van der Waals surface area contributed by atoms with Crippen LogP contribution < -0.4 is 10.1 Å². The largest absolute Gasteiger partial charge is 0.483 e. The zero-order chi connectivity index (χ0) is 16.0. The van der Waals surface area contributed by atoms with Gasteiger partial charge in [-0.05, 0) is 26.3 Å². The number of carbonyl (C=O) groups excluding carboxylic acids is 2. The summed E-state index contributed by atoms with van der Waals surface area (Å²) in [6, 6.07) is 3.73. The van der Waals surface area contributed by atoms with Crippen LogP contribution in [0.15, 0.2) is 18.2 Å². The van der Waals surface area contributed by atoms with Gasteiger partial charge in [-0.15, -0.1) is 0 Å². The van der Waals surface area contributed by atoms with E-state index in [1.807, 2.05) is 13.8 Å². The van der Waals surface area contributed by atoms with Crippen molar-refractivity contribution in [2.45, 2.75) is 33.2 Å². The second-order valence-electron chi connectivity index (χ2n) is 4.66. The molecule has 1 N–H and O–H groups in total. The Balaban J connectivity index is 2.81. The number of rotatable bonds is 7. The first kappa shape index (κ1) is 16.6. The minimum absolute atomic E-state index is 0.0326. The first-order valence-corrected chi connectivity index (χ1v) is 6.56. The Morgan fingerprint density at radius 2 is 2.10 bits per heavy atom. The van der Waals surface area contributed by atoms with Crippen molar-refractivity contribution in [1.29, 1.82) is 0 Å². The molecule has 7 heteroatoms. The second-order valence-corrected chi connectivity index (χ2v) is 4.66. The van der Waals surface area contributed by atoms with Crippen LogP contribution in [-0.2, 0) is 4.79 Å². The fourth-order valence-corrected chi connectivity index (χ4v) is 1.59. The number of ketones is 1. The van der Waals surface area contributed by atoms with Crippen LogP contribution >= 0.6 is 0 Å². The van der Waals surface area contributed by atoms with Crippen molar-refractivity contribution in [1.82, 2.24) is 5.32 Å². The van der Waals surface area contributed by atoms with Gasteiger partial charge in [0.15, 0.2) is 12.4 Å². The summed E-state index contributed by atoms with van der Waals surface area (Å²) in [5.41, 5.74) is -0.114. The average molecular weight is 294 g/mol. The highest BCUT2D eigenvalue weighted by Crippen LogP contribution is 2.24.